The van der Waals surface area contributed by atoms with Crippen LogP contribution in [0.15, 0.2) is 22.2 Å². The lowest BCUT2D eigenvalue weighted by Gasteiger charge is -2.36. The van der Waals surface area contributed by atoms with Gasteiger partial charge in [0.1, 0.15) is 17.9 Å². The van der Waals surface area contributed by atoms with Crippen LogP contribution in [0.3, 0.4) is 0 Å². The lowest BCUT2D eigenvalue weighted by atomic mass is 10.0. The molecule has 2 aromatic rings. The van der Waals surface area contributed by atoms with Crippen molar-refractivity contribution in [3.05, 3.63) is 33.9 Å². The molecule has 1 aliphatic carbocycles. The van der Waals surface area contributed by atoms with Gasteiger partial charge in [-0.15, -0.1) is 0 Å². The van der Waals surface area contributed by atoms with E-state index in [0.717, 1.165) is 24.6 Å². The van der Waals surface area contributed by atoms with E-state index < -0.39 is 17.2 Å². The van der Waals surface area contributed by atoms with Crippen LogP contribution in [0.4, 0.5) is 10.1 Å². The molecule has 2 heterocycles. The van der Waals surface area contributed by atoms with E-state index in [1.54, 1.807) is 4.57 Å². The predicted octanol–water partition coefficient (Wildman–Crippen LogP) is 2.37. The molecule has 32 heavy (non-hydrogen) atoms. The Morgan fingerprint density at radius 3 is 2.75 bits per heavy atom. The van der Waals surface area contributed by atoms with E-state index in [-0.39, 0.29) is 34.5 Å². The number of fused-ring (bicyclic) bond motifs is 1. The van der Waals surface area contributed by atoms with E-state index in [0.29, 0.717) is 31.6 Å². The van der Waals surface area contributed by atoms with Gasteiger partial charge in [0.25, 0.3) is 0 Å². The summed E-state index contributed by atoms with van der Waals surface area (Å²) >= 11 is 0. The normalized spacial score (nSPS) is 20.1. The second-order valence-electron chi connectivity index (χ2n) is 8.10. The Bertz CT molecular complexity index is 1140. The molecule has 1 aliphatic heterocycles. The number of rotatable bonds is 7. The number of nitrogens with one attached hydrogen (secondary N) is 1. The van der Waals surface area contributed by atoms with Gasteiger partial charge in [0, 0.05) is 31.2 Å². The minimum Gasteiger partial charge on any atom is -0.492 e. The quantitative estimate of drug-likeness (QED) is 0.629. The number of aromatic carboxylic acids is 1. The first-order valence-corrected chi connectivity index (χ1v) is 10.7. The zero-order valence-electron chi connectivity index (χ0n) is 18.4. The summed E-state index contributed by atoms with van der Waals surface area (Å²) < 4.78 is 22.9. The number of pyridine rings is 1. The molecule has 1 atom stereocenters. The first-order valence-electron chi connectivity index (χ1n) is 10.7. The minimum absolute atomic E-state index is 0.000262. The molecule has 10 heteroatoms. The summed E-state index contributed by atoms with van der Waals surface area (Å²) in [6.45, 7) is 3.12. The Labute approximate surface area is 184 Å². The Morgan fingerprint density at radius 1 is 1.41 bits per heavy atom. The summed E-state index contributed by atoms with van der Waals surface area (Å²) in [7, 11) is 3.26. The Hall–Kier alpha value is -3.14. The van der Waals surface area contributed by atoms with Crippen molar-refractivity contribution in [1.29, 1.82) is 0 Å². The van der Waals surface area contributed by atoms with Crippen LogP contribution < -0.4 is 20.4 Å². The van der Waals surface area contributed by atoms with Crippen molar-refractivity contribution in [3.8, 4) is 5.75 Å². The van der Waals surface area contributed by atoms with E-state index in [9.17, 15) is 14.7 Å². The maximum Gasteiger partial charge on any atom is 0.341 e. The highest BCUT2D eigenvalue weighted by Crippen LogP contribution is 2.44. The molecular formula is C22H27FN4O5. The predicted molar refractivity (Wildman–Crippen MR) is 119 cm³/mol. The number of piperidine rings is 1. The van der Waals surface area contributed by atoms with E-state index >= 15 is 4.39 Å². The highest BCUT2D eigenvalue weighted by Gasteiger charge is 2.33. The lowest BCUT2D eigenvalue weighted by Crippen LogP contribution is -2.49. The van der Waals surface area contributed by atoms with Gasteiger partial charge in [-0.25, -0.2) is 9.18 Å². The molecular weight excluding hydrogens is 419 g/mol. The first kappa shape index (κ1) is 22.1. The average Bonchev–Trinajstić information content (AvgIpc) is 3.62. The molecule has 2 fully saturated rings. The Balaban J connectivity index is 1.93. The van der Waals surface area contributed by atoms with Crippen molar-refractivity contribution in [2.75, 3.05) is 38.8 Å². The van der Waals surface area contributed by atoms with Gasteiger partial charge in [-0.1, -0.05) is 5.16 Å². The van der Waals surface area contributed by atoms with E-state index in [1.165, 1.54) is 13.3 Å². The maximum atomic E-state index is 15.5. The van der Waals surface area contributed by atoms with Crippen molar-refractivity contribution >= 4 is 28.3 Å². The molecule has 0 amide bonds. The fourth-order valence-electron chi connectivity index (χ4n) is 4.27. The van der Waals surface area contributed by atoms with Crippen LogP contribution in [0.25, 0.3) is 10.9 Å². The molecule has 4 rings (SSSR count). The van der Waals surface area contributed by atoms with Crippen molar-refractivity contribution < 1.29 is 23.9 Å². The topological polar surface area (TPSA) is 105 Å². The highest BCUT2D eigenvalue weighted by atomic mass is 19.1. The van der Waals surface area contributed by atoms with Gasteiger partial charge in [0.15, 0.2) is 11.6 Å². The Morgan fingerprint density at radius 2 is 2.16 bits per heavy atom. The maximum absolute atomic E-state index is 15.5. The van der Waals surface area contributed by atoms with Gasteiger partial charge in [-0.2, -0.15) is 0 Å². The summed E-state index contributed by atoms with van der Waals surface area (Å²) in [6, 6.07) is 1.19. The molecule has 9 nitrogen and oxygen atoms in total. The number of carboxylic acid groups (broad SMARTS) is 1. The molecule has 1 saturated carbocycles. The second-order valence-corrected chi connectivity index (χ2v) is 8.10. The molecule has 0 bridgehead atoms. The number of benzene rings is 1. The number of methoxy groups -OCH3 is 1. The zero-order chi connectivity index (χ0) is 23.0. The van der Waals surface area contributed by atoms with E-state index in [2.05, 4.69) is 10.5 Å². The minimum atomic E-state index is -1.33. The zero-order valence-corrected chi connectivity index (χ0v) is 18.4. The fraction of sp³-hybridized carbons (Fsp3) is 0.500. The van der Waals surface area contributed by atoms with Crippen molar-refractivity contribution in [2.24, 2.45) is 5.16 Å². The van der Waals surface area contributed by atoms with Crippen LogP contribution in [-0.2, 0) is 4.84 Å². The highest BCUT2D eigenvalue weighted by molar-refractivity contribution is 5.98. The van der Waals surface area contributed by atoms with Crippen molar-refractivity contribution in [2.45, 2.75) is 38.3 Å². The number of carbonyl (C=O) groups is 1. The molecule has 2 N–H and O–H groups in total. The number of nitrogens with zero attached hydrogens (tertiary/aromatic N) is 3. The van der Waals surface area contributed by atoms with Gasteiger partial charge < -0.3 is 29.5 Å². The third kappa shape index (κ3) is 3.90. The third-order valence-electron chi connectivity index (χ3n) is 5.92. The summed E-state index contributed by atoms with van der Waals surface area (Å²) in [5.41, 5.74) is 0.300. The SMILES string of the molecule is CCO/N=C1\CC(NC)CN(c2c(F)cc3c(=O)c(C(=O)O)cn(C4CC4)c3c2OC)C1. The lowest BCUT2D eigenvalue weighted by molar-refractivity contribution is 0.0694. The molecule has 1 aromatic carbocycles. The van der Waals surface area contributed by atoms with Gasteiger partial charge in [-0.3, -0.25) is 4.79 Å². The number of hydrogen-bond acceptors (Lipinski definition) is 7. The average molecular weight is 446 g/mol. The molecule has 1 aromatic heterocycles. The summed E-state index contributed by atoms with van der Waals surface area (Å²) in [5.74, 6) is -1.77. The van der Waals surface area contributed by atoms with Crippen LogP contribution in [0, 0.1) is 5.82 Å². The number of oxime groups is 1. The molecule has 1 unspecified atom stereocenters. The number of ether oxygens (including phenoxy) is 1. The molecule has 0 radical (unpaired) electrons. The summed E-state index contributed by atoms with van der Waals surface area (Å²) in [5, 5.41) is 16.9. The van der Waals surface area contributed by atoms with Crippen molar-refractivity contribution in [1.82, 2.24) is 9.88 Å². The van der Waals surface area contributed by atoms with Crippen molar-refractivity contribution in [3.63, 3.8) is 0 Å². The summed E-state index contributed by atoms with van der Waals surface area (Å²) in [4.78, 5) is 31.5. The number of anilines is 1. The van der Waals surface area contributed by atoms with Gasteiger partial charge >= 0.3 is 5.97 Å². The number of halogens is 1. The van der Waals surface area contributed by atoms with Gasteiger partial charge in [0.05, 0.1) is 30.3 Å². The molecule has 0 spiro atoms. The van der Waals surface area contributed by atoms with E-state index in [4.69, 9.17) is 9.57 Å². The molecule has 172 valence electrons. The number of aromatic nitrogens is 1. The van der Waals surface area contributed by atoms with Crippen LogP contribution in [0.2, 0.25) is 0 Å². The smallest absolute Gasteiger partial charge is 0.341 e. The molecule has 1 saturated heterocycles. The standard InChI is InChI=1S/C22H27FN4O5/c1-4-32-25-13-7-12(24-2)9-26(10-13)19-17(23)8-15-18(21(19)31-3)27(14-5-6-14)11-16(20(15)28)22(29)30/h8,11-12,14,24H,4-7,9-10H2,1-3H3,(H,29,30)/b25-13+. The van der Waals surface area contributed by atoms with E-state index in [1.807, 2.05) is 18.9 Å². The number of carboxylic acids is 1. The van der Waals surface area contributed by atoms with Gasteiger partial charge in [0.2, 0.25) is 5.43 Å². The van der Waals surface area contributed by atoms with Gasteiger partial charge in [-0.05, 0) is 32.9 Å². The third-order valence-corrected chi connectivity index (χ3v) is 5.92. The second kappa shape index (κ2) is 8.78. The van der Waals surface area contributed by atoms with Crippen LogP contribution in [-0.4, -0.2) is 61.3 Å². The van der Waals surface area contributed by atoms with Crippen LogP contribution >= 0.6 is 0 Å². The first-order chi connectivity index (χ1) is 15.4. The fourth-order valence-corrected chi connectivity index (χ4v) is 4.27. The number of likely N-dealkylation sites (N-methyl/N-ethyl adjacent to an activating group) is 1. The number of hydrogen-bond donors (Lipinski definition) is 2. The largest absolute Gasteiger partial charge is 0.492 e. The Kier molecular flexibility index (Phi) is 6.05. The summed E-state index contributed by atoms with van der Waals surface area (Å²) in [6.07, 6.45) is 3.72. The molecule has 2 aliphatic rings. The monoisotopic (exact) mass is 446 g/mol. The van der Waals surface area contributed by atoms with Crippen LogP contribution in [0.1, 0.15) is 42.6 Å². The van der Waals surface area contributed by atoms with Crippen LogP contribution in [0.5, 0.6) is 5.75 Å².